The lowest BCUT2D eigenvalue weighted by Crippen LogP contribution is -2.25. The maximum Gasteiger partial charge on any atom is 0.573 e. The zero-order valence-electron chi connectivity index (χ0n) is 13.8. The average molecular weight is 366 g/mol. The fourth-order valence-corrected chi connectivity index (χ4v) is 2.67. The van der Waals surface area contributed by atoms with E-state index >= 15 is 0 Å². The minimum Gasteiger partial charge on any atom is -0.406 e. The van der Waals surface area contributed by atoms with Crippen molar-refractivity contribution in [1.82, 2.24) is 15.3 Å². The molecule has 2 aromatic rings. The third-order valence-electron chi connectivity index (χ3n) is 3.93. The number of alkyl halides is 3. The Balaban J connectivity index is 1.57. The number of aromatic nitrogens is 2. The Morgan fingerprint density at radius 2 is 1.85 bits per heavy atom. The molecule has 0 bridgehead atoms. The van der Waals surface area contributed by atoms with Crippen LogP contribution in [0, 0.1) is 0 Å². The third kappa shape index (κ3) is 4.84. The highest BCUT2D eigenvalue weighted by Gasteiger charge is 2.30. The van der Waals surface area contributed by atoms with E-state index < -0.39 is 6.36 Å². The van der Waals surface area contributed by atoms with E-state index in [1.54, 1.807) is 6.07 Å². The van der Waals surface area contributed by atoms with Gasteiger partial charge in [0.15, 0.2) is 0 Å². The molecule has 1 fully saturated rings. The molecular weight excluding hydrogens is 349 g/mol. The zero-order chi connectivity index (χ0) is 18.6. The molecule has 1 aromatic carbocycles. The van der Waals surface area contributed by atoms with Gasteiger partial charge in [-0.1, -0.05) is 12.1 Å². The van der Waals surface area contributed by atoms with Gasteiger partial charge in [0.2, 0.25) is 0 Å². The highest BCUT2D eigenvalue weighted by Crippen LogP contribution is 2.22. The van der Waals surface area contributed by atoms with Gasteiger partial charge < -0.3 is 15.0 Å². The van der Waals surface area contributed by atoms with Gasteiger partial charge in [0.25, 0.3) is 5.91 Å². The summed E-state index contributed by atoms with van der Waals surface area (Å²) in [6, 6.07) is 6.95. The molecule has 138 valence electrons. The van der Waals surface area contributed by atoms with Crippen molar-refractivity contribution in [3.63, 3.8) is 0 Å². The number of hydrogen-bond acceptors (Lipinski definition) is 5. The minimum atomic E-state index is -4.73. The molecule has 0 saturated carbocycles. The molecule has 0 aliphatic carbocycles. The van der Waals surface area contributed by atoms with Crippen molar-refractivity contribution in [2.75, 3.05) is 18.0 Å². The van der Waals surface area contributed by atoms with Crippen LogP contribution in [-0.4, -0.2) is 35.3 Å². The van der Waals surface area contributed by atoms with Crippen LogP contribution in [0.25, 0.3) is 0 Å². The second-order valence-corrected chi connectivity index (χ2v) is 5.83. The fraction of sp³-hybridized carbons (Fsp3) is 0.353. The van der Waals surface area contributed by atoms with E-state index in [2.05, 4.69) is 24.9 Å². The number of amides is 1. The summed E-state index contributed by atoms with van der Waals surface area (Å²) in [7, 11) is 0. The number of halogens is 3. The highest BCUT2D eigenvalue weighted by molar-refractivity contribution is 5.92. The zero-order valence-corrected chi connectivity index (χ0v) is 13.8. The van der Waals surface area contributed by atoms with Crippen molar-refractivity contribution in [3.05, 3.63) is 47.9 Å². The molecule has 0 unspecified atom stereocenters. The highest BCUT2D eigenvalue weighted by atomic mass is 19.4. The number of nitrogens with one attached hydrogen (secondary N) is 1. The number of anilines is 1. The van der Waals surface area contributed by atoms with Crippen molar-refractivity contribution in [2.24, 2.45) is 0 Å². The molecule has 1 aliphatic rings. The van der Waals surface area contributed by atoms with Gasteiger partial charge in [-0.25, -0.2) is 9.97 Å². The van der Waals surface area contributed by atoms with E-state index in [9.17, 15) is 18.0 Å². The van der Waals surface area contributed by atoms with E-state index in [4.69, 9.17) is 0 Å². The summed E-state index contributed by atoms with van der Waals surface area (Å²) in [6.45, 7) is 1.98. The van der Waals surface area contributed by atoms with E-state index in [1.807, 2.05) is 0 Å². The molecule has 9 heteroatoms. The van der Waals surface area contributed by atoms with Gasteiger partial charge in [-0.05, 0) is 30.5 Å². The molecule has 26 heavy (non-hydrogen) atoms. The Kier molecular flexibility index (Phi) is 5.24. The van der Waals surface area contributed by atoms with Crippen LogP contribution in [0.2, 0.25) is 0 Å². The molecule has 1 aliphatic heterocycles. The van der Waals surface area contributed by atoms with Gasteiger partial charge in [0.05, 0.1) is 0 Å². The first-order chi connectivity index (χ1) is 12.4. The molecule has 3 rings (SSSR count). The van der Waals surface area contributed by atoms with Crippen molar-refractivity contribution < 1.29 is 22.7 Å². The SMILES string of the molecule is O=C(NCc1ccc(OC(F)(F)F)cc1)c1cc(N2CCCC2)ncn1. The van der Waals surface area contributed by atoms with Gasteiger partial charge in [-0.3, -0.25) is 4.79 Å². The smallest absolute Gasteiger partial charge is 0.406 e. The van der Waals surface area contributed by atoms with E-state index in [0.29, 0.717) is 5.56 Å². The summed E-state index contributed by atoms with van der Waals surface area (Å²) in [5, 5.41) is 2.69. The number of benzene rings is 1. The van der Waals surface area contributed by atoms with E-state index in [0.717, 1.165) is 31.7 Å². The monoisotopic (exact) mass is 366 g/mol. The summed E-state index contributed by atoms with van der Waals surface area (Å²) in [4.78, 5) is 22.5. The molecule has 1 N–H and O–H groups in total. The quantitative estimate of drug-likeness (QED) is 0.881. The van der Waals surface area contributed by atoms with Crippen LogP contribution >= 0.6 is 0 Å². The lowest BCUT2D eigenvalue weighted by Gasteiger charge is -2.16. The first-order valence-corrected chi connectivity index (χ1v) is 8.10. The van der Waals surface area contributed by atoms with Crippen LogP contribution < -0.4 is 15.0 Å². The molecule has 0 spiro atoms. The molecule has 0 radical (unpaired) electrons. The summed E-state index contributed by atoms with van der Waals surface area (Å²) >= 11 is 0. The van der Waals surface area contributed by atoms with Gasteiger partial charge >= 0.3 is 6.36 Å². The maximum absolute atomic E-state index is 12.2. The standard InChI is InChI=1S/C17H17F3N4O2/c18-17(19,20)26-13-5-3-12(4-6-13)10-21-16(25)14-9-15(23-11-22-14)24-7-1-2-8-24/h3-6,9,11H,1-2,7-8,10H2,(H,21,25). The molecular formula is C17H17F3N4O2. The fourth-order valence-electron chi connectivity index (χ4n) is 2.67. The molecule has 1 saturated heterocycles. The third-order valence-corrected chi connectivity index (χ3v) is 3.93. The summed E-state index contributed by atoms with van der Waals surface area (Å²) in [5.74, 6) is 0.0402. The first-order valence-electron chi connectivity index (χ1n) is 8.10. The Bertz CT molecular complexity index is 759. The predicted molar refractivity (Wildman–Crippen MR) is 87.8 cm³/mol. The number of carbonyl (C=O) groups excluding carboxylic acids is 1. The molecule has 6 nitrogen and oxygen atoms in total. The predicted octanol–water partition coefficient (Wildman–Crippen LogP) is 2.91. The second-order valence-electron chi connectivity index (χ2n) is 5.83. The van der Waals surface area contributed by atoms with Gasteiger partial charge in [-0.15, -0.1) is 13.2 Å². The van der Waals surface area contributed by atoms with Gasteiger partial charge in [-0.2, -0.15) is 0 Å². The molecule has 1 amide bonds. The van der Waals surface area contributed by atoms with Crippen molar-refractivity contribution in [3.8, 4) is 5.75 Å². The average Bonchev–Trinajstić information content (AvgIpc) is 3.14. The van der Waals surface area contributed by atoms with Crippen LogP contribution in [0.5, 0.6) is 5.75 Å². The second kappa shape index (κ2) is 7.59. The Morgan fingerprint density at radius 1 is 1.15 bits per heavy atom. The Labute approximate surface area is 148 Å². The van der Waals surface area contributed by atoms with Crippen LogP contribution in [-0.2, 0) is 6.54 Å². The normalized spacial score (nSPS) is 14.3. The topological polar surface area (TPSA) is 67.3 Å². The molecule has 0 atom stereocenters. The van der Waals surface area contributed by atoms with Crippen LogP contribution in [0.15, 0.2) is 36.7 Å². The van der Waals surface area contributed by atoms with Crippen LogP contribution in [0.1, 0.15) is 28.9 Å². The largest absolute Gasteiger partial charge is 0.573 e. The van der Waals surface area contributed by atoms with Crippen LogP contribution in [0.4, 0.5) is 19.0 Å². The Hall–Kier alpha value is -2.84. The first kappa shape index (κ1) is 18.0. The number of carbonyl (C=O) groups is 1. The summed E-state index contributed by atoms with van der Waals surface area (Å²) in [6.07, 6.45) is -1.18. The Morgan fingerprint density at radius 3 is 2.50 bits per heavy atom. The van der Waals surface area contributed by atoms with Gasteiger partial charge in [0, 0.05) is 25.7 Å². The lowest BCUT2D eigenvalue weighted by atomic mass is 10.2. The number of rotatable bonds is 5. The van der Waals surface area contributed by atoms with Crippen LogP contribution in [0.3, 0.4) is 0 Å². The number of nitrogens with zero attached hydrogens (tertiary/aromatic N) is 3. The van der Waals surface area contributed by atoms with E-state index in [-0.39, 0.29) is 23.9 Å². The van der Waals surface area contributed by atoms with Crippen molar-refractivity contribution in [1.29, 1.82) is 0 Å². The molecule has 1 aromatic heterocycles. The van der Waals surface area contributed by atoms with E-state index in [1.165, 1.54) is 30.6 Å². The molecule has 2 heterocycles. The number of hydrogen-bond donors (Lipinski definition) is 1. The maximum atomic E-state index is 12.2. The lowest BCUT2D eigenvalue weighted by molar-refractivity contribution is -0.274. The van der Waals surface area contributed by atoms with Crippen molar-refractivity contribution in [2.45, 2.75) is 25.7 Å². The summed E-state index contributed by atoms with van der Waals surface area (Å²) < 4.78 is 40.2. The number of ether oxygens (including phenoxy) is 1. The van der Waals surface area contributed by atoms with Crippen molar-refractivity contribution >= 4 is 11.7 Å². The summed E-state index contributed by atoms with van der Waals surface area (Å²) in [5.41, 5.74) is 0.889. The van der Waals surface area contributed by atoms with Gasteiger partial charge in [0.1, 0.15) is 23.6 Å². The minimum absolute atomic E-state index is 0.161.